The Morgan fingerprint density at radius 2 is 1.37 bits per heavy atom. The Labute approximate surface area is 315 Å². The minimum atomic E-state index is -3.97. The van der Waals surface area contributed by atoms with E-state index in [1.165, 1.54) is 56.0 Å². The number of benzene rings is 4. The maximum Gasteiger partial charge on any atom is 0.337 e. The van der Waals surface area contributed by atoms with E-state index in [1.54, 1.807) is 43.3 Å². The van der Waals surface area contributed by atoms with Crippen molar-refractivity contribution < 1.29 is 41.8 Å². The molecule has 1 aliphatic carbocycles. The molecule has 0 aromatic heterocycles. The minimum Gasteiger partial charge on any atom is -0.497 e. The van der Waals surface area contributed by atoms with E-state index in [-0.39, 0.29) is 52.2 Å². The summed E-state index contributed by atoms with van der Waals surface area (Å²) in [6.07, 6.45) is 3.61. The summed E-state index contributed by atoms with van der Waals surface area (Å²) in [5.74, 6) is -1.58. The fraction of sp³-hybridized carbons (Fsp3) is 0.317. The van der Waals surface area contributed by atoms with Crippen molar-refractivity contribution in [3.8, 4) is 5.75 Å². The summed E-state index contributed by atoms with van der Waals surface area (Å²) in [6.45, 7) is 2.00. The monoisotopic (exact) mass is 755 g/mol. The number of carbonyl (C=O) groups excluding carboxylic acids is 4. The molecule has 1 aliphatic rings. The molecule has 0 radical (unpaired) electrons. The van der Waals surface area contributed by atoms with Crippen LogP contribution in [-0.2, 0) is 37.1 Å². The van der Waals surface area contributed by atoms with Crippen LogP contribution >= 0.6 is 0 Å². The van der Waals surface area contributed by atoms with Gasteiger partial charge in [0.15, 0.2) is 0 Å². The van der Waals surface area contributed by atoms with Crippen LogP contribution in [0.2, 0.25) is 0 Å². The van der Waals surface area contributed by atoms with E-state index >= 15 is 0 Å². The van der Waals surface area contributed by atoms with Gasteiger partial charge in [0.05, 0.1) is 49.0 Å². The van der Waals surface area contributed by atoms with E-state index in [9.17, 15) is 27.6 Å². The molecule has 0 saturated heterocycles. The van der Waals surface area contributed by atoms with Gasteiger partial charge in [-0.25, -0.2) is 13.2 Å². The zero-order valence-corrected chi connectivity index (χ0v) is 31.6. The van der Waals surface area contributed by atoms with Gasteiger partial charge in [-0.15, -0.1) is 0 Å². The number of esters is 2. The third-order valence-electron chi connectivity index (χ3n) is 9.66. The molecule has 54 heavy (non-hydrogen) atoms. The third-order valence-corrected chi connectivity index (χ3v) is 11.7. The highest BCUT2D eigenvalue weighted by Crippen LogP contribution is 2.32. The molecular weight excluding hydrogens is 711 g/mol. The Hall–Kier alpha value is -5.53. The summed E-state index contributed by atoms with van der Waals surface area (Å²) in [4.78, 5) is 50.8. The largest absolute Gasteiger partial charge is 0.497 e. The minimum absolute atomic E-state index is 0.0280. The van der Waals surface area contributed by atoms with Gasteiger partial charge in [0.25, 0.3) is 11.8 Å². The maximum absolute atomic E-state index is 13.8. The quantitative estimate of drug-likeness (QED) is 0.137. The van der Waals surface area contributed by atoms with Crippen LogP contribution in [0.25, 0.3) is 0 Å². The summed E-state index contributed by atoms with van der Waals surface area (Å²) in [5.41, 5.74) is 3.61. The highest BCUT2D eigenvalue weighted by molar-refractivity contribution is 7.89. The number of amides is 2. The molecule has 2 amide bonds. The molecular formula is C41H45N3O9S. The second-order valence-corrected chi connectivity index (χ2v) is 14.9. The normalized spacial score (nSPS) is 15.6. The highest BCUT2D eigenvalue weighted by atomic mass is 32.2. The van der Waals surface area contributed by atoms with E-state index in [1.807, 2.05) is 24.3 Å². The fourth-order valence-electron chi connectivity index (χ4n) is 6.63. The maximum atomic E-state index is 13.8. The second kappa shape index (κ2) is 18.0. The number of methoxy groups -OCH3 is 3. The average molecular weight is 756 g/mol. The molecule has 0 aliphatic heterocycles. The SMILES string of the molecule is CCN([C@H]1CC[C@H](C(=O)OC)CC1)S(=O)(=O)c1cccc(C(=O)Nc2ccc(OC)cc2C(=O)Nc2ccc(CCc3ccc(C(=O)OC)cc3)cc2)c1. The highest BCUT2D eigenvalue weighted by Gasteiger charge is 2.35. The molecule has 2 N–H and O–H groups in total. The van der Waals surface area contributed by atoms with Crippen molar-refractivity contribution in [2.45, 2.75) is 56.4 Å². The molecule has 1 fully saturated rings. The molecule has 284 valence electrons. The lowest BCUT2D eigenvalue weighted by Crippen LogP contribution is -2.43. The number of anilines is 2. The Morgan fingerprint density at radius 3 is 1.96 bits per heavy atom. The first kappa shape index (κ1) is 39.7. The summed E-state index contributed by atoms with van der Waals surface area (Å²) < 4.78 is 44.1. The average Bonchev–Trinajstić information content (AvgIpc) is 3.20. The Bertz CT molecular complexity index is 2080. The molecule has 4 aromatic carbocycles. The van der Waals surface area contributed by atoms with Gasteiger partial charge in [-0.3, -0.25) is 14.4 Å². The van der Waals surface area contributed by atoms with Gasteiger partial charge in [-0.1, -0.05) is 37.3 Å². The molecule has 0 spiro atoms. The van der Waals surface area contributed by atoms with Crippen LogP contribution in [0, 0.1) is 5.92 Å². The lowest BCUT2D eigenvalue weighted by molar-refractivity contribution is -0.146. The van der Waals surface area contributed by atoms with E-state index in [0.717, 1.165) is 24.0 Å². The lowest BCUT2D eigenvalue weighted by Gasteiger charge is -2.34. The lowest BCUT2D eigenvalue weighted by atomic mass is 9.86. The van der Waals surface area contributed by atoms with Gasteiger partial charge in [-0.05, 0) is 110 Å². The first-order valence-electron chi connectivity index (χ1n) is 17.7. The van der Waals surface area contributed by atoms with Crippen LogP contribution < -0.4 is 15.4 Å². The zero-order valence-electron chi connectivity index (χ0n) is 30.8. The van der Waals surface area contributed by atoms with Crippen LogP contribution in [0.5, 0.6) is 5.75 Å². The second-order valence-electron chi connectivity index (χ2n) is 13.0. The first-order chi connectivity index (χ1) is 26.0. The topological polar surface area (TPSA) is 157 Å². The predicted octanol–water partition coefficient (Wildman–Crippen LogP) is 6.51. The van der Waals surface area contributed by atoms with Crippen molar-refractivity contribution in [1.82, 2.24) is 4.31 Å². The summed E-state index contributed by atoms with van der Waals surface area (Å²) in [6, 6.07) is 24.9. The Balaban J connectivity index is 1.25. The number of nitrogens with one attached hydrogen (secondary N) is 2. The summed E-state index contributed by atoms with van der Waals surface area (Å²) in [7, 11) is 0.197. The van der Waals surface area contributed by atoms with Crippen LogP contribution in [0.15, 0.2) is 95.9 Å². The number of ether oxygens (including phenoxy) is 3. The van der Waals surface area contributed by atoms with E-state index < -0.39 is 21.8 Å². The number of nitrogens with zero attached hydrogens (tertiary/aromatic N) is 1. The van der Waals surface area contributed by atoms with E-state index in [4.69, 9.17) is 14.2 Å². The molecule has 0 bridgehead atoms. The molecule has 12 nitrogen and oxygen atoms in total. The summed E-state index contributed by atoms with van der Waals surface area (Å²) >= 11 is 0. The van der Waals surface area contributed by atoms with Crippen molar-refractivity contribution in [2.75, 3.05) is 38.5 Å². The van der Waals surface area contributed by atoms with Crippen molar-refractivity contribution >= 4 is 45.2 Å². The fourth-order valence-corrected chi connectivity index (χ4v) is 8.37. The number of hydrogen-bond donors (Lipinski definition) is 2. The Kier molecular flexibility index (Phi) is 13.2. The first-order valence-corrected chi connectivity index (χ1v) is 19.2. The number of aryl methyl sites for hydroxylation is 2. The van der Waals surface area contributed by atoms with Crippen molar-refractivity contribution in [1.29, 1.82) is 0 Å². The molecule has 0 atom stereocenters. The van der Waals surface area contributed by atoms with Crippen molar-refractivity contribution in [2.24, 2.45) is 5.92 Å². The van der Waals surface area contributed by atoms with E-state index in [0.29, 0.717) is 42.7 Å². The van der Waals surface area contributed by atoms with Gasteiger partial charge in [0.2, 0.25) is 10.0 Å². The molecule has 4 aromatic rings. The number of rotatable bonds is 14. The van der Waals surface area contributed by atoms with Crippen molar-refractivity contribution in [3.63, 3.8) is 0 Å². The van der Waals surface area contributed by atoms with Crippen LogP contribution in [0.1, 0.15) is 74.8 Å². The smallest absolute Gasteiger partial charge is 0.337 e. The summed E-state index contributed by atoms with van der Waals surface area (Å²) in [5, 5.41) is 5.65. The zero-order chi connectivity index (χ0) is 38.8. The van der Waals surface area contributed by atoms with Crippen LogP contribution in [0.3, 0.4) is 0 Å². The van der Waals surface area contributed by atoms with Gasteiger partial charge < -0.3 is 24.8 Å². The van der Waals surface area contributed by atoms with Gasteiger partial charge in [-0.2, -0.15) is 4.31 Å². The van der Waals surface area contributed by atoms with E-state index in [2.05, 4.69) is 10.6 Å². The van der Waals surface area contributed by atoms with Gasteiger partial charge >= 0.3 is 11.9 Å². The molecule has 13 heteroatoms. The van der Waals surface area contributed by atoms with Gasteiger partial charge in [0, 0.05) is 23.8 Å². The molecule has 0 heterocycles. The van der Waals surface area contributed by atoms with Gasteiger partial charge in [0.1, 0.15) is 5.75 Å². The van der Waals surface area contributed by atoms with Crippen LogP contribution in [-0.4, -0.2) is 70.4 Å². The Morgan fingerprint density at radius 1 is 0.722 bits per heavy atom. The number of hydrogen-bond acceptors (Lipinski definition) is 9. The predicted molar refractivity (Wildman–Crippen MR) is 204 cm³/mol. The molecule has 1 saturated carbocycles. The third kappa shape index (κ3) is 9.52. The molecule has 0 unspecified atom stereocenters. The number of sulfonamides is 1. The molecule has 5 rings (SSSR count). The van der Waals surface area contributed by atoms with Crippen LogP contribution in [0.4, 0.5) is 11.4 Å². The standard InChI is InChI=1S/C41H45N3O9S/c1-5-44(33-21-17-30(18-22-33)41(48)53-4)54(49,50)35-8-6-7-31(25-35)38(45)43-37-24-23-34(51-2)26-36(37)39(46)42-32-19-13-28(14-20-32)10-9-27-11-15-29(16-12-27)40(47)52-3/h6-8,11-16,19-20,23-26,30,33H,5,9-10,17-18,21-22H2,1-4H3,(H,42,46)(H,43,45)/t30-,33-. The van der Waals surface area contributed by atoms with Crippen molar-refractivity contribution in [3.05, 3.63) is 119 Å². The number of carbonyl (C=O) groups is 4.